The second-order valence-electron chi connectivity index (χ2n) is 7.60. The molecule has 34 heavy (non-hydrogen) atoms. The third kappa shape index (κ3) is 5.44. The number of carbonyl (C=O) groups is 2. The normalized spacial score (nSPS) is 17.0. The molecule has 1 heterocycles. The van der Waals surface area contributed by atoms with Gasteiger partial charge in [0.2, 0.25) is 11.8 Å². The van der Waals surface area contributed by atoms with Gasteiger partial charge in [-0.1, -0.05) is 41.6 Å². The summed E-state index contributed by atoms with van der Waals surface area (Å²) >= 11 is 1.13. The van der Waals surface area contributed by atoms with Crippen molar-refractivity contribution in [2.75, 3.05) is 10.2 Å². The van der Waals surface area contributed by atoms with Crippen molar-refractivity contribution in [1.29, 1.82) is 0 Å². The molecule has 1 aliphatic rings. The molecule has 0 aliphatic carbocycles. The van der Waals surface area contributed by atoms with Crippen LogP contribution in [-0.4, -0.2) is 38.7 Å². The molecule has 0 bridgehead atoms. The highest BCUT2D eigenvalue weighted by atomic mass is 32.2. The Labute approximate surface area is 200 Å². The van der Waals surface area contributed by atoms with Gasteiger partial charge in [0.25, 0.3) is 0 Å². The molecule has 1 atom stereocenters. The molecule has 0 saturated carbocycles. The lowest BCUT2D eigenvalue weighted by molar-refractivity contribution is -0.121. The predicted octanol–water partition coefficient (Wildman–Crippen LogP) is 4.27. The van der Waals surface area contributed by atoms with Gasteiger partial charge >= 0.3 is 0 Å². The fourth-order valence-electron chi connectivity index (χ4n) is 3.26. The molecule has 3 aromatic rings. The minimum Gasteiger partial charge on any atom is -0.508 e. The predicted molar refractivity (Wildman–Crippen MR) is 135 cm³/mol. The molecule has 3 aromatic carbocycles. The first-order chi connectivity index (χ1) is 16.4. The van der Waals surface area contributed by atoms with Crippen molar-refractivity contribution in [2.24, 2.45) is 10.2 Å². The Morgan fingerprint density at radius 2 is 1.76 bits per heavy atom. The highest BCUT2D eigenvalue weighted by Crippen LogP contribution is 2.34. The van der Waals surface area contributed by atoms with Gasteiger partial charge in [-0.25, -0.2) is 0 Å². The summed E-state index contributed by atoms with van der Waals surface area (Å²) in [5.74, 6) is -0.485. The zero-order valence-corrected chi connectivity index (χ0v) is 19.1. The monoisotopic (exact) mass is 474 g/mol. The zero-order chi connectivity index (χ0) is 24.1. The van der Waals surface area contributed by atoms with Crippen LogP contribution in [-0.2, 0) is 9.59 Å². The second-order valence-corrected chi connectivity index (χ2v) is 8.77. The van der Waals surface area contributed by atoms with Gasteiger partial charge in [0.05, 0.1) is 11.9 Å². The molecular formula is C25H22N4O4S. The fourth-order valence-corrected chi connectivity index (χ4v) is 4.35. The van der Waals surface area contributed by atoms with Crippen LogP contribution in [0.5, 0.6) is 11.5 Å². The molecule has 1 unspecified atom stereocenters. The summed E-state index contributed by atoms with van der Waals surface area (Å²) in [5, 5.41) is 30.1. The van der Waals surface area contributed by atoms with Crippen molar-refractivity contribution >= 4 is 46.3 Å². The average Bonchev–Trinajstić information content (AvgIpc) is 3.12. The van der Waals surface area contributed by atoms with Crippen LogP contribution in [0.25, 0.3) is 0 Å². The van der Waals surface area contributed by atoms with Gasteiger partial charge in [0.15, 0.2) is 5.17 Å². The largest absolute Gasteiger partial charge is 0.508 e. The number of aromatic hydroxyl groups is 2. The minimum atomic E-state index is -0.696. The summed E-state index contributed by atoms with van der Waals surface area (Å²) in [5.41, 5.74) is 2.71. The highest BCUT2D eigenvalue weighted by molar-refractivity contribution is 8.16. The number of thioether (sulfide) groups is 1. The van der Waals surface area contributed by atoms with E-state index >= 15 is 0 Å². The van der Waals surface area contributed by atoms with E-state index in [1.165, 1.54) is 29.3 Å². The molecule has 2 amide bonds. The van der Waals surface area contributed by atoms with E-state index in [2.05, 4.69) is 15.5 Å². The van der Waals surface area contributed by atoms with Crippen molar-refractivity contribution in [2.45, 2.75) is 18.6 Å². The van der Waals surface area contributed by atoms with Gasteiger partial charge < -0.3 is 15.5 Å². The molecule has 0 radical (unpaired) electrons. The summed E-state index contributed by atoms with van der Waals surface area (Å²) in [7, 11) is 0. The molecule has 3 N–H and O–H groups in total. The van der Waals surface area contributed by atoms with Crippen molar-refractivity contribution in [3.8, 4) is 11.5 Å². The number of carbonyl (C=O) groups excluding carboxylic acids is 2. The number of benzene rings is 3. The molecule has 172 valence electrons. The summed E-state index contributed by atoms with van der Waals surface area (Å²) in [6.45, 7) is 1.96. The highest BCUT2D eigenvalue weighted by Gasteiger charge is 2.40. The van der Waals surface area contributed by atoms with Gasteiger partial charge in [0, 0.05) is 17.7 Å². The summed E-state index contributed by atoms with van der Waals surface area (Å²) in [6.07, 6.45) is 1.34. The standard InChI is InChI=1S/C25H22N4O4S/c1-16-6-8-18(9-7-16)27-23(32)14-22-24(33)29(19-10-12-20(30)13-11-19)25(34-22)28-26-15-17-4-2-3-5-21(17)31/h2-13,15,22,30-31H,14H2,1H3,(H,27,32)/b26-15+,28-25?. The Bertz CT molecular complexity index is 1260. The van der Waals surface area contributed by atoms with Crippen LogP contribution in [0.15, 0.2) is 83.0 Å². The van der Waals surface area contributed by atoms with E-state index in [1.54, 1.807) is 42.5 Å². The number of anilines is 2. The van der Waals surface area contributed by atoms with Gasteiger partial charge in [-0.05, 0) is 55.5 Å². The quantitative estimate of drug-likeness (QED) is 0.365. The Balaban J connectivity index is 1.55. The van der Waals surface area contributed by atoms with E-state index in [9.17, 15) is 19.8 Å². The lowest BCUT2D eigenvalue weighted by Crippen LogP contribution is -2.33. The number of para-hydroxylation sites is 1. The average molecular weight is 475 g/mol. The van der Waals surface area contributed by atoms with E-state index < -0.39 is 5.25 Å². The van der Waals surface area contributed by atoms with E-state index in [-0.39, 0.29) is 34.9 Å². The smallest absolute Gasteiger partial charge is 0.247 e. The minimum absolute atomic E-state index is 0.0475. The summed E-state index contributed by atoms with van der Waals surface area (Å²) < 4.78 is 0. The number of nitrogens with zero attached hydrogens (tertiary/aromatic N) is 3. The van der Waals surface area contributed by atoms with Crippen LogP contribution < -0.4 is 10.2 Å². The van der Waals surface area contributed by atoms with E-state index in [0.29, 0.717) is 16.9 Å². The first-order valence-corrected chi connectivity index (χ1v) is 11.3. The number of phenolic OH excluding ortho intramolecular Hbond substituents is 2. The van der Waals surface area contributed by atoms with Gasteiger partial charge in [-0.2, -0.15) is 5.10 Å². The fraction of sp³-hybridized carbons (Fsp3) is 0.120. The summed E-state index contributed by atoms with van der Waals surface area (Å²) in [6, 6.07) is 20.2. The van der Waals surface area contributed by atoms with Crippen LogP contribution in [0.3, 0.4) is 0 Å². The lowest BCUT2D eigenvalue weighted by Gasteiger charge is -2.16. The number of amidine groups is 1. The molecule has 1 fully saturated rings. The SMILES string of the molecule is Cc1ccc(NC(=O)CC2SC(=N/N=C/c3ccccc3O)N(c3ccc(O)cc3)C2=O)cc1. The van der Waals surface area contributed by atoms with Crippen LogP contribution in [0, 0.1) is 6.92 Å². The summed E-state index contributed by atoms with van der Waals surface area (Å²) in [4.78, 5) is 27.2. The van der Waals surface area contributed by atoms with Gasteiger partial charge in [-0.15, -0.1) is 5.10 Å². The third-order valence-corrected chi connectivity index (χ3v) is 6.15. The molecule has 1 saturated heterocycles. The van der Waals surface area contributed by atoms with Gasteiger partial charge in [0.1, 0.15) is 16.7 Å². The van der Waals surface area contributed by atoms with Crippen LogP contribution in [0.2, 0.25) is 0 Å². The van der Waals surface area contributed by atoms with E-state index in [1.807, 2.05) is 19.1 Å². The topological polar surface area (TPSA) is 115 Å². The van der Waals surface area contributed by atoms with Crippen molar-refractivity contribution in [3.05, 3.63) is 83.9 Å². The Morgan fingerprint density at radius 3 is 2.47 bits per heavy atom. The van der Waals surface area contributed by atoms with Crippen LogP contribution >= 0.6 is 11.8 Å². The number of hydrogen-bond acceptors (Lipinski definition) is 7. The maximum atomic E-state index is 13.2. The van der Waals surface area contributed by atoms with Crippen LogP contribution in [0.4, 0.5) is 11.4 Å². The maximum absolute atomic E-state index is 13.2. The lowest BCUT2D eigenvalue weighted by atomic mass is 10.2. The molecule has 1 aliphatic heterocycles. The second kappa shape index (κ2) is 10.2. The number of aryl methyl sites for hydroxylation is 1. The molecule has 4 rings (SSSR count). The van der Waals surface area contributed by atoms with E-state index in [0.717, 1.165) is 17.3 Å². The zero-order valence-electron chi connectivity index (χ0n) is 18.3. The molecule has 9 heteroatoms. The molecule has 8 nitrogen and oxygen atoms in total. The number of hydrogen-bond donors (Lipinski definition) is 3. The number of rotatable bonds is 6. The first-order valence-electron chi connectivity index (χ1n) is 10.5. The number of nitrogens with one attached hydrogen (secondary N) is 1. The van der Waals surface area contributed by atoms with Crippen LogP contribution in [0.1, 0.15) is 17.5 Å². The first kappa shape index (κ1) is 23.1. The molecule has 0 spiro atoms. The van der Waals surface area contributed by atoms with Crippen molar-refractivity contribution in [3.63, 3.8) is 0 Å². The molecule has 0 aromatic heterocycles. The number of phenols is 2. The van der Waals surface area contributed by atoms with Crippen molar-refractivity contribution in [1.82, 2.24) is 0 Å². The van der Waals surface area contributed by atoms with Gasteiger partial charge in [-0.3, -0.25) is 14.5 Å². The third-order valence-electron chi connectivity index (χ3n) is 5.03. The maximum Gasteiger partial charge on any atom is 0.247 e. The van der Waals surface area contributed by atoms with Crippen molar-refractivity contribution < 1.29 is 19.8 Å². The Morgan fingerprint density at radius 1 is 1.06 bits per heavy atom. The number of amides is 2. The Hall–Kier alpha value is -4.11. The van der Waals surface area contributed by atoms with E-state index in [4.69, 9.17) is 0 Å². The Kier molecular flexibility index (Phi) is 6.93. The molecular weight excluding hydrogens is 452 g/mol.